The second-order valence-corrected chi connectivity index (χ2v) is 5.55. The van der Waals surface area contributed by atoms with Crippen molar-refractivity contribution in [2.75, 3.05) is 0 Å². The van der Waals surface area contributed by atoms with E-state index in [-0.39, 0.29) is 6.04 Å². The number of nitriles is 1. The van der Waals surface area contributed by atoms with Crippen molar-refractivity contribution >= 4 is 21.9 Å². The van der Waals surface area contributed by atoms with Crippen LogP contribution < -0.4 is 0 Å². The lowest BCUT2D eigenvalue weighted by atomic mass is 10.1. The molecule has 1 aliphatic carbocycles. The molecule has 0 unspecified atom stereocenters. The van der Waals surface area contributed by atoms with Gasteiger partial charge in [-0.15, -0.1) is 0 Å². The van der Waals surface area contributed by atoms with Gasteiger partial charge in [0.05, 0.1) is 35.2 Å². The zero-order chi connectivity index (χ0) is 14.4. The van der Waals surface area contributed by atoms with Crippen molar-refractivity contribution in [3.05, 3.63) is 36.3 Å². The van der Waals surface area contributed by atoms with Gasteiger partial charge in [-0.05, 0) is 37.5 Å². The second-order valence-electron chi connectivity index (χ2n) is 5.55. The molecule has 0 N–H and O–H groups in total. The number of aromatic nitrogens is 3. The summed E-state index contributed by atoms with van der Waals surface area (Å²) in [6.45, 7) is 0. The first-order valence-corrected chi connectivity index (χ1v) is 7.06. The van der Waals surface area contributed by atoms with Crippen LogP contribution >= 0.6 is 0 Å². The predicted octanol–water partition coefficient (Wildman–Crippen LogP) is 3.52. The molecule has 0 amide bonds. The Morgan fingerprint density at radius 2 is 2.14 bits per heavy atom. The fourth-order valence-corrected chi connectivity index (χ4v) is 3.22. The fourth-order valence-electron chi connectivity index (χ4n) is 3.22. The summed E-state index contributed by atoms with van der Waals surface area (Å²) in [4.78, 5) is 8.77. The molecule has 1 fully saturated rings. The van der Waals surface area contributed by atoms with Crippen LogP contribution in [0.15, 0.2) is 30.7 Å². The topological polar surface area (TPSA) is 54.5 Å². The molecule has 1 aliphatic rings. The Morgan fingerprint density at radius 3 is 2.90 bits per heavy atom. The Kier molecular flexibility index (Phi) is 2.64. The Morgan fingerprint density at radius 1 is 1.24 bits per heavy atom. The van der Waals surface area contributed by atoms with E-state index in [1.54, 1.807) is 18.6 Å². The molecule has 0 spiro atoms. The van der Waals surface area contributed by atoms with Gasteiger partial charge in [-0.25, -0.2) is 9.37 Å². The fraction of sp³-hybridized carbons (Fsp3) is 0.312. The highest BCUT2D eigenvalue weighted by Crippen LogP contribution is 2.35. The average Bonchev–Trinajstić information content (AvgIpc) is 3.12. The van der Waals surface area contributed by atoms with Crippen LogP contribution in [0.25, 0.3) is 21.9 Å². The summed E-state index contributed by atoms with van der Waals surface area (Å²) in [5, 5.41) is 10.0. The number of pyridine rings is 1. The Labute approximate surface area is 120 Å². The van der Waals surface area contributed by atoms with Crippen molar-refractivity contribution in [3.63, 3.8) is 0 Å². The highest BCUT2D eigenvalue weighted by molar-refractivity contribution is 6.02. The highest BCUT2D eigenvalue weighted by Gasteiger charge is 2.27. The average molecular weight is 280 g/mol. The van der Waals surface area contributed by atoms with Gasteiger partial charge in [0.1, 0.15) is 11.7 Å². The molecule has 1 aromatic carbocycles. The number of rotatable bonds is 1. The van der Waals surface area contributed by atoms with E-state index < -0.39 is 6.17 Å². The molecule has 2 aromatic heterocycles. The molecule has 0 radical (unpaired) electrons. The van der Waals surface area contributed by atoms with Gasteiger partial charge in [-0.3, -0.25) is 4.98 Å². The van der Waals surface area contributed by atoms with Crippen molar-refractivity contribution < 1.29 is 4.39 Å². The minimum atomic E-state index is -0.727. The van der Waals surface area contributed by atoms with Crippen molar-refractivity contribution in [1.29, 1.82) is 5.26 Å². The molecule has 4 rings (SSSR count). The summed E-state index contributed by atoms with van der Waals surface area (Å²) in [5.74, 6) is 0. The predicted molar refractivity (Wildman–Crippen MR) is 77.5 cm³/mol. The third kappa shape index (κ3) is 1.87. The summed E-state index contributed by atoms with van der Waals surface area (Å²) in [6, 6.07) is 7.74. The minimum Gasteiger partial charge on any atom is -0.327 e. The maximum atomic E-state index is 13.5. The number of nitrogens with zero attached hydrogens (tertiary/aromatic N) is 4. The summed E-state index contributed by atoms with van der Waals surface area (Å²) in [7, 11) is 0. The standard InChI is InChI=1S/C16H13FN4/c17-11-2-3-12(6-11)21-9-20-15-8-19-14-4-1-10(7-18)5-13(14)16(15)21/h1,4-5,8-9,11-12H,2-3,6H2/t11-,12+/m0/s1. The van der Waals surface area contributed by atoms with E-state index in [0.717, 1.165) is 28.4 Å². The third-order valence-corrected chi connectivity index (χ3v) is 4.26. The first kappa shape index (κ1) is 12.3. The Bertz CT molecular complexity index is 877. The number of benzene rings is 1. The van der Waals surface area contributed by atoms with Crippen LogP contribution in [-0.4, -0.2) is 20.7 Å². The van der Waals surface area contributed by atoms with Gasteiger partial charge in [0.25, 0.3) is 0 Å². The molecule has 104 valence electrons. The van der Waals surface area contributed by atoms with E-state index in [2.05, 4.69) is 20.6 Å². The number of alkyl halides is 1. The second kappa shape index (κ2) is 4.52. The van der Waals surface area contributed by atoms with E-state index in [9.17, 15) is 4.39 Å². The molecule has 4 nitrogen and oxygen atoms in total. The monoisotopic (exact) mass is 280 g/mol. The van der Waals surface area contributed by atoms with Crippen molar-refractivity contribution in [2.45, 2.75) is 31.5 Å². The molecule has 5 heteroatoms. The van der Waals surface area contributed by atoms with Gasteiger partial charge in [-0.1, -0.05) is 0 Å². The van der Waals surface area contributed by atoms with Crippen molar-refractivity contribution in [2.24, 2.45) is 0 Å². The van der Waals surface area contributed by atoms with E-state index in [1.807, 2.05) is 12.1 Å². The number of halogens is 1. The van der Waals surface area contributed by atoms with E-state index in [4.69, 9.17) is 5.26 Å². The maximum Gasteiger partial charge on any atom is 0.107 e. The normalized spacial score (nSPS) is 21.9. The van der Waals surface area contributed by atoms with E-state index >= 15 is 0 Å². The molecule has 2 heterocycles. The van der Waals surface area contributed by atoms with Crippen LogP contribution in [0, 0.1) is 11.3 Å². The van der Waals surface area contributed by atoms with Crippen molar-refractivity contribution in [1.82, 2.24) is 14.5 Å². The van der Waals surface area contributed by atoms with Crippen LogP contribution in [0.4, 0.5) is 4.39 Å². The molecular weight excluding hydrogens is 267 g/mol. The Balaban J connectivity index is 2.00. The number of hydrogen-bond donors (Lipinski definition) is 0. The van der Waals surface area contributed by atoms with Crippen LogP contribution in [0.2, 0.25) is 0 Å². The van der Waals surface area contributed by atoms with Gasteiger partial charge >= 0.3 is 0 Å². The molecular formula is C16H13FN4. The SMILES string of the molecule is N#Cc1ccc2ncc3ncn([C@@H]4CC[C@H](F)C4)c3c2c1. The van der Waals surface area contributed by atoms with Crippen LogP contribution in [-0.2, 0) is 0 Å². The van der Waals surface area contributed by atoms with Crippen molar-refractivity contribution in [3.8, 4) is 6.07 Å². The lowest BCUT2D eigenvalue weighted by Gasteiger charge is -2.13. The van der Waals surface area contributed by atoms with Crippen LogP contribution in [0.3, 0.4) is 0 Å². The largest absolute Gasteiger partial charge is 0.327 e. The zero-order valence-electron chi connectivity index (χ0n) is 11.3. The lowest BCUT2D eigenvalue weighted by molar-refractivity contribution is 0.331. The highest BCUT2D eigenvalue weighted by atomic mass is 19.1. The lowest BCUT2D eigenvalue weighted by Crippen LogP contribution is -2.04. The molecule has 21 heavy (non-hydrogen) atoms. The molecule has 0 aliphatic heterocycles. The molecule has 0 saturated heterocycles. The third-order valence-electron chi connectivity index (χ3n) is 4.26. The quantitative estimate of drug-likeness (QED) is 0.685. The summed E-state index contributed by atoms with van der Waals surface area (Å²) >= 11 is 0. The number of hydrogen-bond acceptors (Lipinski definition) is 3. The maximum absolute atomic E-state index is 13.5. The van der Waals surface area contributed by atoms with Gasteiger partial charge < -0.3 is 4.57 Å². The summed E-state index contributed by atoms with van der Waals surface area (Å²) in [6.07, 6.45) is 4.75. The van der Waals surface area contributed by atoms with E-state index in [1.165, 1.54) is 0 Å². The first-order chi connectivity index (χ1) is 10.3. The molecule has 1 saturated carbocycles. The van der Waals surface area contributed by atoms with Crippen LogP contribution in [0.1, 0.15) is 30.9 Å². The minimum absolute atomic E-state index is 0.140. The summed E-state index contributed by atoms with van der Waals surface area (Å²) < 4.78 is 15.6. The van der Waals surface area contributed by atoms with E-state index in [0.29, 0.717) is 18.4 Å². The zero-order valence-corrected chi connectivity index (χ0v) is 11.3. The Hall–Kier alpha value is -2.48. The summed E-state index contributed by atoms with van der Waals surface area (Å²) in [5.41, 5.74) is 3.17. The smallest absolute Gasteiger partial charge is 0.107 e. The molecule has 3 aromatic rings. The first-order valence-electron chi connectivity index (χ1n) is 7.06. The number of fused-ring (bicyclic) bond motifs is 3. The molecule has 2 atom stereocenters. The molecule has 0 bridgehead atoms. The van der Waals surface area contributed by atoms with Gasteiger partial charge in [0.2, 0.25) is 0 Å². The van der Waals surface area contributed by atoms with Gasteiger partial charge in [0, 0.05) is 11.4 Å². The van der Waals surface area contributed by atoms with Gasteiger partial charge in [-0.2, -0.15) is 5.26 Å². The van der Waals surface area contributed by atoms with Crippen LogP contribution in [0.5, 0.6) is 0 Å². The number of imidazole rings is 1. The van der Waals surface area contributed by atoms with Gasteiger partial charge in [0.15, 0.2) is 0 Å².